The number of aliphatic hydroxyl groups excluding tert-OH is 2. The Morgan fingerprint density at radius 1 is 1.50 bits per heavy atom. The SMILES string of the molecule is CCC[C@@H]1C[C@H](O)[C@@H](O)C=CCCC(=O)O1. The maximum absolute atomic E-state index is 11.4. The minimum Gasteiger partial charge on any atom is -0.462 e. The van der Waals surface area contributed by atoms with Crippen LogP contribution in [-0.2, 0) is 9.53 Å². The highest BCUT2D eigenvalue weighted by molar-refractivity contribution is 5.69. The van der Waals surface area contributed by atoms with Gasteiger partial charge in [0.1, 0.15) is 6.10 Å². The molecule has 0 radical (unpaired) electrons. The molecule has 0 fully saturated rings. The van der Waals surface area contributed by atoms with Crippen molar-refractivity contribution in [3.05, 3.63) is 12.2 Å². The fourth-order valence-corrected chi connectivity index (χ4v) is 1.77. The largest absolute Gasteiger partial charge is 0.462 e. The maximum Gasteiger partial charge on any atom is 0.306 e. The molecule has 0 aromatic carbocycles. The van der Waals surface area contributed by atoms with Crippen LogP contribution in [0.5, 0.6) is 0 Å². The second kappa shape index (κ2) is 6.66. The zero-order valence-electron chi connectivity index (χ0n) is 9.63. The molecule has 0 amide bonds. The van der Waals surface area contributed by atoms with Crippen molar-refractivity contribution in [2.24, 2.45) is 0 Å². The molecule has 4 heteroatoms. The zero-order chi connectivity index (χ0) is 12.0. The minimum atomic E-state index is -0.865. The maximum atomic E-state index is 11.4. The van der Waals surface area contributed by atoms with Crippen LogP contribution >= 0.6 is 0 Å². The average Bonchev–Trinajstić information content (AvgIpc) is 2.23. The lowest BCUT2D eigenvalue weighted by Crippen LogP contribution is -2.31. The fraction of sp³-hybridized carbons (Fsp3) is 0.750. The van der Waals surface area contributed by atoms with E-state index in [1.807, 2.05) is 6.92 Å². The summed E-state index contributed by atoms with van der Waals surface area (Å²) in [7, 11) is 0. The van der Waals surface area contributed by atoms with Gasteiger partial charge in [0.2, 0.25) is 0 Å². The Bertz CT molecular complexity index is 249. The lowest BCUT2D eigenvalue weighted by Gasteiger charge is -2.23. The summed E-state index contributed by atoms with van der Waals surface area (Å²) >= 11 is 0. The summed E-state index contributed by atoms with van der Waals surface area (Å²) in [5.74, 6) is -0.230. The Kier molecular flexibility index (Phi) is 5.49. The van der Waals surface area contributed by atoms with Crippen LogP contribution in [0, 0.1) is 0 Å². The van der Waals surface area contributed by atoms with Gasteiger partial charge in [-0.25, -0.2) is 0 Å². The smallest absolute Gasteiger partial charge is 0.306 e. The molecule has 4 nitrogen and oxygen atoms in total. The molecule has 0 spiro atoms. The monoisotopic (exact) mass is 228 g/mol. The molecule has 1 aliphatic rings. The third-order valence-corrected chi connectivity index (χ3v) is 2.66. The van der Waals surface area contributed by atoms with E-state index in [-0.39, 0.29) is 12.1 Å². The first kappa shape index (κ1) is 13.2. The third kappa shape index (κ3) is 4.33. The van der Waals surface area contributed by atoms with Crippen molar-refractivity contribution < 1.29 is 19.7 Å². The van der Waals surface area contributed by atoms with Crippen molar-refractivity contribution in [3.63, 3.8) is 0 Å². The van der Waals surface area contributed by atoms with Crippen molar-refractivity contribution in [1.82, 2.24) is 0 Å². The molecule has 16 heavy (non-hydrogen) atoms. The van der Waals surface area contributed by atoms with Crippen LogP contribution in [0.3, 0.4) is 0 Å². The Hall–Kier alpha value is -0.870. The molecule has 1 rings (SSSR count). The molecule has 1 aliphatic heterocycles. The first-order valence-corrected chi connectivity index (χ1v) is 5.85. The van der Waals surface area contributed by atoms with Crippen LogP contribution in [0.15, 0.2) is 12.2 Å². The van der Waals surface area contributed by atoms with Gasteiger partial charge in [0.05, 0.1) is 12.2 Å². The van der Waals surface area contributed by atoms with Gasteiger partial charge in [-0.1, -0.05) is 25.5 Å². The van der Waals surface area contributed by atoms with E-state index in [0.29, 0.717) is 19.3 Å². The molecule has 0 aliphatic carbocycles. The molecule has 0 saturated heterocycles. The number of ether oxygens (including phenoxy) is 1. The Labute approximate surface area is 95.9 Å². The number of rotatable bonds is 2. The van der Waals surface area contributed by atoms with E-state index in [1.165, 1.54) is 0 Å². The number of allylic oxidation sites excluding steroid dienone is 1. The van der Waals surface area contributed by atoms with E-state index in [4.69, 9.17) is 4.74 Å². The molecule has 0 aromatic heterocycles. The Morgan fingerprint density at radius 3 is 2.94 bits per heavy atom. The van der Waals surface area contributed by atoms with Crippen LogP contribution in [0.25, 0.3) is 0 Å². The molecule has 0 unspecified atom stereocenters. The molecule has 0 bridgehead atoms. The molecule has 2 N–H and O–H groups in total. The van der Waals surface area contributed by atoms with Crippen LogP contribution in [0.2, 0.25) is 0 Å². The molecule has 1 heterocycles. The summed E-state index contributed by atoms with van der Waals surface area (Å²) in [6.07, 6.45) is 4.02. The Morgan fingerprint density at radius 2 is 2.25 bits per heavy atom. The summed E-state index contributed by atoms with van der Waals surface area (Å²) < 4.78 is 5.24. The van der Waals surface area contributed by atoms with Crippen LogP contribution in [-0.4, -0.2) is 34.5 Å². The lowest BCUT2D eigenvalue weighted by molar-refractivity contribution is -0.151. The predicted molar refractivity (Wildman–Crippen MR) is 59.8 cm³/mol. The van der Waals surface area contributed by atoms with Gasteiger partial charge in [0.15, 0.2) is 0 Å². The number of hydrogen-bond acceptors (Lipinski definition) is 4. The van der Waals surface area contributed by atoms with Gasteiger partial charge in [-0.3, -0.25) is 4.79 Å². The van der Waals surface area contributed by atoms with Gasteiger partial charge >= 0.3 is 5.97 Å². The van der Waals surface area contributed by atoms with Gasteiger partial charge < -0.3 is 14.9 Å². The molecule has 3 atom stereocenters. The quantitative estimate of drug-likeness (QED) is 0.550. The van der Waals surface area contributed by atoms with Crippen molar-refractivity contribution in [1.29, 1.82) is 0 Å². The topological polar surface area (TPSA) is 66.8 Å². The zero-order valence-corrected chi connectivity index (χ0v) is 9.63. The highest BCUT2D eigenvalue weighted by Gasteiger charge is 2.22. The van der Waals surface area contributed by atoms with E-state index in [9.17, 15) is 15.0 Å². The van der Waals surface area contributed by atoms with E-state index in [1.54, 1.807) is 12.2 Å². The van der Waals surface area contributed by atoms with Crippen molar-refractivity contribution in [2.75, 3.05) is 0 Å². The number of carbonyl (C=O) groups excluding carboxylic acids is 1. The second-order valence-electron chi connectivity index (χ2n) is 4.16. The van der Waals surface area contributed by atoms with Gasteiger partial charge in [-0.2, -0.15) is 0 Å². The summed E-state index contributed by atoms with van der Waals surface area (Å²) in [4.78, 5) is 11.4. The van der Waals surface area contributed by atoms with E-state index >= 15 is 0 Å². The number of aliphatic hydroxyl groups is 2. The number of cyclic esters (lactones) is 1. The number of hydrogen-bond donors (Lipinski definition) is 2. The standard InChI is InChI=1S/C12H20O4/c1-2-5-9-8-11(14)10(13)6-3-4-7-12(15)16-9/h3,6,9-11,13-14H,2,4-5,7-8H2,1H3/t9-,10+,11+/m1/s1. The van der Waals surface area contributed by atoms with E-state index < -0.39 is 12.2 Å². The molecule has 0 saturated carbocycles. The Balaban J connectivity index is 2.65. The first-order valence-electron chi connectivity index (χ1n) is 5.85. The first-order chi connectivity index (χ1) is 7.63. The summed E-state index contributed by atoms with van der Waals surface area (Å²) in [5, 5.41) is 19.3. The van der Waals surface area contributed by atoms with Crippen LogP contribution in [0.4, 0.5) is 0 Å². The van der Waals surface area contributed by atoms with Crippen molar-refractivity contribution in [2.45, 2.75) is 57.3 Å². The minimum absolute atomic E-state index is 0.230. The molecular weight excluding hydrogens is 208 g/mol. The number of esters is 1. The molecule has 0 aromatic rings. The van der Waals surface area contributed by atoms with Gasteiger partial charge in [-0.05, 0) is 12.8 Å². The highest BCUT2D eigenvalue weighted by atomic mass is 16.5. The fourth-order valence-electron chi connectivity index (χ4n) is 1.77. The van der Waals surface area contributed by atoms with Crippen LogP contribution < -0.4 is 0 Å². The summed E-state index contributed by atoms with van der Waals surface area (Å²) in [5.41, 5.74) is 0. The lowest BCUT2D eigenvalue weighted by atomic mass is 10.0. The van der Waals surface area contributed by atoms with Crippen molar-refractivity contribution >= 4 is 5.97 Å². The second-order valence-corrected chi connectivity index (χ2v) is 4.16. The van der Waals surface area contributed by atoms with E-state index in [0.717, 1.165) is 12.8 Å². The molecular formula is C12H20O4. The van der Waals surface area contributed by atoms with Gasteiger partial charge in [-0.15, -0.1) is 0 Å². The van der Waals surface area contributed by atoms with Gasteiger partial charge in [0.25, 0.3) is 0 Å². The third-order valence-electron chi connectivity index (χ3n) is 2.66. The average molecular weight is 228 g/mol. The molecule has 92 valence electrons. The van der Waals surface area contributed by atoms with Crippen LogP contribution in [0.1, 0.15) is 39.0 Å². The summed E-state index contributed by atoms with van der Waals surface area (Å²) in [6.45, 7) is 2.00. The summed E-state index contributed by atoms with van der Waals surface area (Å²) in [6, 6.07) is 0. The number of carbonyl (C=O) groups is 1. The van der Waals surface area contributed by atoms with E-state index in [2.05, 4.69) is 0 Å². The van der Waals surface area contributed by atoms with Crippen molar-refractivity contribution in [3.8, 4) is 0 Å². The predicted octanol–water partition coefficient (Wildman–Crippen LogP) is 1.16. The highest BCUT2D eigenvalue weighted by Crippen LogP contribution is 2.15. The van der Waals surface area contributed by atoms with Gasteiger partial charge in [0, 0.05) is 12.8 Å². The normalized spacial score (nSPS) is 32.2.